The number of benzene rings is 1. The number of rotatable bonds is 1. The normalized spacial score (nSPS) is 20.1. The predicted molar refractivity (Wildman–Crippen MR) is 54.4 cm³/mol. The summed E-state index contributed by atoms with van der Waals surface area (Å²) in [7, 11) is -3.84. The summed E-state index contributed by atoms with van der Waals surface area (Å²) in [5.74, 6) is -0.455. The molecule has 0 fully saturated rings. The van der Waals surface area contributed by atoms with E-state index in [4.69, 9.17) is 5.14 Å². The Morgan fingerprint density at radius 3 is 2.53 bits per heavy atom. The molecular formula is C8H9N3O3S. The van der Waals surface area contributed by atoms with Crippen LogP contribution in [-0.4, -0.2) is 19.8 Å². The number of para-hydroxylation sites is 1. The third-order valence-corrected chi connectivity index (χ3v) is 2.94. The molecule has 15 heavy (non-hydrogen) atoms. The SMILES string of the molecule is NS(=O)(=O)C1NC(=O)c2ccccc2N1. The Balaban J connectivity index is 2.43. The molecule has 6 nitrogen and oxygen atoms in total. The quantitative estimate of drug-likeness (QED) is 0.597. The summed E-state index contributed by atoms with van der Waals surface area (Å²) in [5, 5.41) is 9.80. The van der Waals surface area contributed by atoms with Crippen LogP contribution in [0.1, 0.15) is 10.4 Å². The molecule has 0 bridgehead atoms. The Bertz CT molecular complexity index is 512. The Morgan fingerprint density at radius 2 is 1.87 bits per heavy atom. The topological polar surface area (TPSA) is 101 Å². The number of primary sulfonamides is 1. The molecule has 2 rings (SSSR count). The Hall–Kier alpha value is -1.60. The van der Waals surface area contributed by atoms with Crippen molar-refractivity contribution in [1.29, 1.82) is 0 Å². The number of hydrogen-bond acceptors (Lipinski definition) is 4. The summed E-state index contributed by atoms with van der Waals surface area (Å²) < 4.78 is 22.1. The summed E-state index contributed by atoms with van der Waals surface area (Å²) in [5.41, 5.74) is -0.405. The maximum Gasteiger partial charge on any atom is 0.255 e. The van der Waals surface area contributed by atoms with Gasteiger partial charge in [-0.1, -0.05) is 12.1 Å². The van der Waals surface area contributed by atoms with Gasteiger partial charge in [-0.2, -0.15) is 0 Å². The van der Waals surface area contributed by atoms with Crippen molar-refractivity contribution in [3.63, 3.8) is 0 Å². The smallest absolute Gasteiger partial charge is 0.255 e. The van der Waals surface area contributed by atoms with Gasteiger partial charge in [0.05, 0.1) is 5.56 Å². The molecule has 1 unspecified atom stereocenters. The maximum atomic E-state index is 11.5. The fourth-order valence-electron chi connectivity index (χ4n) is 1.35. The van der Waals surface area contributed by atoms with Gasteiger partial charge in [-0.15, -0.1) is 0 Å². The third kappa shape index (κ3) is 1.79. The van der Waals surface area contributed by atoms with Gasteiger partial charge in [0.25, 0.3) is 5.91 Å². The van der Waals surface area contributed by atoms with Gasteiger partial charge in [-0.3, -0.25) is 4.79 Å². The monoisotopic (exact) mass is 227 g/mol. The fourth-order valence-corrected chi connectivity index (χ4v) is 1.91. The first-order valence-corrected chi connectivity index (χ1v) is 5.77. The van der Waals surface area contributed by atoms with Crippen LogP contribution in [0.4, 0.5) is 5.69 Å². The van der Waals surface area contributed by atoms with E-state index in [0.29, 0.717) is 11.3 Å². The molecular weight excluding hydrogens is 218 g/mol. The van der Waals surface area contributed by atoms with Crippen LogP contribution in [0.3, 0.4) is 0 Å². The molecule has 1 aliphatic rings. The van der Waals surface area contributed by atoms with Gasteiger partial charge in [-0.05, 0) is 12.1 Å². The van der Waals surface area contributed by atoms with Crippen LogP contribution in [0.25, 0.3) is 0 Å². The van der Waals surface area contributed by atoms with Crippen LogP contribution >= 0.6 is 0 Å². The second-order valence-electron chi connectivity index (χ2n) is 3.13. The van der Waals surface area contributed by atoms with Crippen LogP contribution in [0.2, 0.25) is 0 Å². The molecule has 0 aliphatic carbocycles. The standard InChI is InChI=1S/C8H9N3O3S/c9-15(13,14)8-10-6-4-2-1-3-5(6)7(12)11-8/h1-4,8,10H,(H,11,12)(H2,9,13,14). The molecule has 1 atom stereocenters. The molecule has 1 heterocycles. The number of sulfonamides is 1. The molecule has 0 saturated carbocycles. The minimum absolute atomic E-state index is 0.400. The fraction of sp³-hybridized carbons (Fsp3) is 0.125. The summed E-state index contributed by atoms with van der Waals surface area (Å²) in [6.07, 6.45) is 0. The Morgan fingerprint density at radius 1 is 1.20 bits per heavy atom. The predicted octanol–water partition coefficient (Wildman–Crippen LogP) is -0.586. The molecule has 1 aromatic rings. The lowest BCUT2D eigenvalue weighted by atomic mass is 10.1. The van der Waals surface area contributed by atoms with E-state index < -0.39 is 21.4 Å². The maximum absolute atomic E-state index is 11.5. The zero-order valence-electron chi connectivity index (χ0n) is 7.60. The lowest BCUT2D eigenvalue weighted by Gasteiger charge is -2.25. The van der Waals surface area contributed by atoms with Crippen molar-refractivity contribution in [2.75, 3.05) is 5.32 Å². The van der Waals surface area contributed by atoms with Crippen LogP contribution in [0, 0.1) is 0 Å². The first-order chi connectivity index (χ1) is 6.98. The second-order valence-corrected chi connectivity index (χ2v) is 4.78. The highest BCUT2D eigenvalue weighted by atomic mass is 32.2. The van der Waals surface area contributed by atoms with Crippen molar-refractivity contribution in [3.8, 4) is 0 Å². The molecule has 1 aliphatic heterocycles. The van der Waals surface area contributed by atoms with Crippen LogP contribution in [0.15, 0.2) is 24.3 Å². The molecule has 0 radical (unpaired) electrons. The summed E-state index contributed by atoms with van der Waals surface area (Å²) in [6.45, 7) is 0. The van der Waals surface area contributed by atoms with Gasteiger partial charge >= 0.3 is 0 Å². The number of carbonyl (C=O) groups excluding carboxylic acids is 1. The lowest BCUT2D eigenvalue weighted by Crippen LogP contribution is -2.52. The second kappa shape index (κ2) is 3.21. The van der Waals surface area contributed by atoms with E-state index in [1.54, 1.807) is 24.3 Å². The minimum Gasteiger partial charge on any atom is -0.351 e. The van der Waals surface area contributed by atoms with Crippen LogP contribution < -0.4 is 15.8 Å². The van der Waals surface area contributed by atoms with Gasteiger partial charge in [0, 0.05) is 5.69 Å². The third-order valence-electron chi connectivity index (χ3n) is 2.05. The average molecular weight is 227 g/mol. The van der Waals surface area contributed by atoms with Crippen molar-refractivity contribution in [2.45, 2.75) is 5.50 Å². The van der Waals surface area contributed by atoms with E-state index in [9.17, 15) is 13.2 Å². The van der Waals surface area contributed by atoms with Gasteiger partial charge in [0.15, 0.2) is 0 Å². The van der Waals surface area contributed by atoms with Crippen LogP contribution in [0.5, 0.6) is 0 Å². The molecule has 1 amide bonds. The van der Waals surface area contributed by atoms with Gasteiger partial charge < -0.3 is 10.6 Å². The first-order valence-electron chi connectivity index (χ1n) is 4.16. The van der Waals surface area contributed by atoms with Crippen molar-refractivity contribution in [1.82, 2.24) is 5.32 Å². The highest BCUT2D eigenvalue weighted by molar-refractivity contribution is 7.89. The molecule has 4 N–H and O–H groups in total. The van der Waals surface area contributed by atoms with Crippen molar-refractivity contribution in [2.24, 2.45) is 5.14 Å². The molecule has 7 heteroatoms. The van der Waals surface area contributed by atoms with Gasteiger partial charge in [0.2, 0.25) is 15.5 Å². The molecule has 1 aromatic carbocycles. The highest BCUT2D eigenvalue weighted by Crippen LogP contribution is 2.20. The average Bonchev–Trinajstić information content (AvgIpc) is 2.16. The lowest BCUT2D eigenvalue weighted by molar-refractivity contribution is 0.0946. The van der Waals surface area contributed by atoms with Crippen LogP contribution in [-0.2, 0) is 10.0 Å². The number of fused-ring (bicyclic) bond motifs is 1. The summed E-state index contributed by atoms with van der Waals surface area (Å²) in [6, 6.07) is 6.60. The Kier molecular flexibility index (Phi) is 2.13. The summed E-state index contributed by atoms with van der Waals surface area (Å²) >= 11 is 0. The number of nitrogens with two attached hydrogens (primary N) is 1. The van der Waals surface area contributed by atoms with Gasteiger partial charge in [-0.25, -0.2) is 13.6 Å². The zero-order valence-corrected chi connectivity index (χ0v) is 8.41. The van der Waals surface area contributed by atoms with E-state index in [1.165, 1.54) is 0 Å². The van der Waals surface area contributed by atoms with E-state index in [1.807, 2.05) is 0 Å². The zero-order chi connectivity index (χ0) is 11.1. The number of anilines is 1. The number of nitrogens with one attached hydrogen (secondary N) is 2. The molecule has 0 saturated heterocycles. The summed E-state index contributed by atoms with van der Waals surface area (Å²) in [4.78, 5) is 11.5. The van der Waals surface area contributed by atoms with E-state index >= 15 is 0 Å². The molecule has 0 aromatic heterocycles. The van der Waals surface area contributed by atoms with Crippen molar-refractivity contribution in [3.05, 3.63) is 29.8 Å². The Labute approximate surface area is 86.5 Å². The number of hydrogen-bond donors (Lipinski definition) is 3. The molecule has 0 spiro atoms. The number of amides is 1. The van der Waals surface area contributed by atoms with E-state index in [-0.39, 0.29) is 0 Å². The number of carbonyl (C=O) groups is 1. The largest absolute Gasteiger partial charge is 0.351 e. The van der Waals surface area contributed by atoms with Gasteiger partial charge in [0.1, 0.15) is 0 Å². The van der Waals surface area contributed by atoms with Crippen molar-refractivity contribution >= 4 is 21.6 Å². The first kappa shape index (κ1) is 9.94. The minimum atomic E-state index is -3.84. The van der Waals surface area contributed by atoms with Crippen molar-refractivity contribution < 1.29 is 13.2 Å². The van der Waals surface area contributed by atoms with E-state index in [2.05, 4.69) is 10.6 Å². The highest BCUT2D eigenvalue weighted by Gasteiger charge is 2.29. The van der Waals surface area contributed by atoms with E-state index in [0.717, 1.165) is 0 Å². The molecule has 80 valence electrons.